The molecule has 2 saturated heterocycles. The molecule has 3 aliphatic heterocycles. The van der Waals surface area contributed by atoms with Crippen LogP contribution in [0.2, 0.25) is 0 Å². The smallest absolute Gasteiger partial charge is 0.322 e. The van der Waals surface area contributed by atoms with Crippen molar-refractivity contribution < 1.29 is 37.0 Å². The average molecular weight is 562 g/mol. The molecule has 0 aromatic heterocycles. The predicted octanol–water partition coefficient (Wildman–Crippen LogP) is 5.15. The number of nitrogens with one attached hydrogen (secondary N) is 1. The van der Waals surface area contributed by atoms with E-state index < -0.39 is 23.7 Å². The van der Waals surface area contributed by atoms with E-state index in [-0.39, 0.29) is 36.4 Å². The molecule has 0 bridgehead atoms. The van der Waals surface area contributed by atoms with Crippen molar-refractivity contribution in [1.29, 1.82) is 0 Å². The van der Waals surface area contributed by atoms with Crippen LogP contribution in [0.25, 0.3) is 0 Å². The minimum absolute atomic E-state index is 0.0154. The Labute approximate surface area is 229 Å². The molecule has 0 radical (unpaired) electrons. The first-order valence-electron chi connectivity index (χ1n) is 13.6. The fraction of sp³-hybridized carbons (Fsp3) is 0.483. The first-order chi connectivity index (χ1) is 19.2. The molecule has 3 amide bonds. The second-order valence-corrected chi connectivity index (χ2v) is 10.8. The fourth-order valence-corrected chi connectivity index (χ4v) is 6.16. The van der Waals surface area contributed by atoms with Gasteiger partial charge in [-0.05, 0) is 54.7 Å². The summed E-state index contributed by atoms with van der Waals surface area (Å²) < 4.78 is 51.2. The highest BCUT2D eigenvalue weighted by Gasteiger charge is 2.41. The van der Waals surface area contributed by atoms with E-state index >= 15 is 0 Å². The van der Waals surface area contributed by atoms with Crippen LogP contribution in [-0.2, 0) is 22.3 Å². The van der Waals surface area contributed by atoms with E-state index in [0.29, 0.717) is 29.2 Å². The standard InChI is InChI=1S/C16H20F3N.C13H11FN2O4/c17-16(18,19)15-9-5-4-8-14(15)12-10-20(11-12)13-6-2-1-3-7-13;14-20-8-1-2-9-7(5-8)6-16(13(9)19)10-3-4-11(17)15-12(10)18/h4-5,8-9,12-13H,1-3,6-7,10-11H2;1-2,5,10H,3-4,6H2,(H,15,17,18). The summed E-state index contributed by atoms with van der Waals surface area (Å²) >= 11 is 0. The van der Waals surface area contributed by atoms with E-state index in [1.54, 1.807) is 12.1 Å². The summed E-state index contributed by atoms with van der Waals surface area (Å²) in [5, 5.41) is 2.22. The molecule has 214 valence electrons. The molecule has 1 saturated carbocycles. The van der Waals surface area contributed by atoms with Gasteiger partial charge in [0.05, 0.1) is 5.56 Å². The zero-order valence-corrected chi connectivity index (χ0v) is 21.9. The molecule has 7 nitrogen and oxygen atoms in total. The number of halogens is 4. The summed E-state index contributed by atoms with van der Waals surface area (Å²) in [6.45, 7) is 1.78. The number of likely N-dealkylation sites (tertiary alicyclic amines) is 1. The van der Waals surface area contributed by atoms with Crippen molar-refractivity contribution in [2.24, 2.45) is 0 Å². The van der Waals surface area contributed by atoms with Gasteiger partial charge in [-0.15, -0.1) is 0 Å². The quantitative estimate of drug-likeness (QED) is 0.413. The predicted molar refractivity (Wildman–Crippen MR) is 137 cm³/mol. The number of fused-ring (bicyclic) bond motifs is 1. The van der Waals surface area contributed by atoms with Gasteiger partial charge in [-0.25, -0.2) is 0 Å². The van der Waals surface area contributed by atoms with Crippen molar-refractivity contribution >= 4 is 17.7 Å². The van der Waals surface area contributed by atoms with Crippen LogP contribution in [-0.4, -0.2) is 52.7 Å². The van der Waals surface area contributed by atoms with Gasteiger partial charge < -0.3 is 4.90 Å². The van der Waals surface area contributed by atoms with Crippen LogP contribution in [0.5, 0.6) is 5.75 Å². The lowest BCUT2D eigenvalue weighted by Crippen LogP contribution is -2.52. The maximum absolute atomic E-state index is 13.0. The number of hydrogen-bond donors (Lipinski definition) is 1. The molecule has 1 N–H and O–H groups in total. The van der Waals surface area contributed by atoms with Gasteiger partial charge in [0.25, 0.3) is 5.91 Å². The Hall–Kier alpha value is -3.47. The van der Waals surface area contributed by atoms with Crippen LogP contribution < -0.4 is 10.3 Å². The van der Waals surface area contributed by atoms with Crippen LogP contribution in [0.4, 0.5) is 17.7 Å². The monoisotopic (exact) mass is 561 g/mol. The van der Waals surface area contributed by atoms with Gasteiger partial charge in [-0.3, -0.25) is 29.5 Å². The van der Waals surface area contributed by atoms with E-state index in [1.807, 2.05) is 0 Å². The molecule has 1 atom stereocenters. The molecule has 2 aromatic carbocycles. The van der Waals surface area contributed by atoms with Crippen LogP contribution >= 0.6 is 0 Å². The summed E-state index contributed by atoms with van der Waals surface area (Å²) in [6.07, 6.45) is 2.55. The number of nitrogens with zero attached hydrogens (tertiary/aromatic N) is 2. The third kappa shape index (κ3) is 5.84. The van der Waals surface area contributed by atoms with Crippen molar-refractivity contribution in [2.45, 2.75) is 75.7 Å². The zero-order valence-electron chi connectivity index (χ0n) is 21.9. The lowest BCUT2D eigenvalue weighted by molar-refractivity contribution is -0.139. The van der Waals surface area contributed by atoms with Crippen molar-refractivity contribution in [3.8, 4) is 5.75 Å². The highest BCUT2D eigenvalue weighted by molar-refractivity contribution is 6.05. The van der Waals surface area contributed by atoms with E-state index in [1.165, 1.54) is 67.3 Å². The first-order valence-corrected chi connectivity index (χ1v) is 13.6. The Morgan fingerprint density at radius 3 is 2.33 bits per heavy atom. The SMILES string of the molecule is FC(F)(F)c1ccccc1C1CN(C2CCCCC2)C1.O=C1CCC(N2Cc3cc(OF)ccc3C2=O)C(=O)N1. The van der Waals surface area contributed by atoms with Crippen LogP contribution in [0.15, 0.2) is 42.5 Å². The molecule has 11 heteroatoms. The number of alkyl halides is 3. The number of imide groups is 1. The largest absolute Gasteiger partial charge is 0.416 e. The lowest BCUT2D eigenvalue weighted by Gasteiger charge is -2.46. The van der Waals surface area contributed by atoms with Gasteiger partial charge in [0.1, 0.15) is 6.04 Å². The van der Waals surface area contributed by atoms with Crippen molar-refractivity contribution in [1.82, 2.24) is 15.1 Å². The summed E-state index contributed by atoms with van der Waals surface area (Å²) in [4.78, 5) is 42.6. The molecule has 40 heavy (non-hydrogen) atoms. The number of hydrogen-bond acceptors (Lipinski definition) is 5. The third-order valence-corrected chi connectivity index (χ3v) is 8.29. The summed E-state index contributed by atoms with van der Waals surface area (Å²) in [5.74, 6) is -1.02. The lowest BCUT2D eigenvalue weighted by atomic mass is 9.84. The second-order valence-electron chi connectivity index (χ2n) is 10.8. The maximum atomic E-state index is 13.0. The molecule has 4 aliphatic rings. The topological polar surface area (TPSA) is 79.0 Å². The molecule has 6 rings (SSSR count). The Morgan fingerprint density at radius 2 is 1.65 bits per heavy atom. The molecular weight excluding hydrogens is 530 g/mol. The molecule has 0 spiro atoms. The van der Waals surface area contributed by atoms with Gasteiger partial charge >= 0.3 is 6.18 Å². The summed E-state index contributed by atoms with van der Waals surface area (Å²) in [5.41, 5.74) is 1.06. The van der Waals surface area contributed by atoms with E-state index in [9.17, 15) is 32.1 Å². The highest BCUT2D eigenvalue weighted by Crippen LogP contribution is 2.40. The molecule has 3 heterocycles. The molecule has 1 aliphatic carbocycles. The molecule has 3 fully saturated rings. The third-order valence-electron chi connectivity index (χ3n) is 8.29. The zero-order chi connectivity index (χ0) is 28.4. The Balaban J connectivity index is 0.000000161. The fourth-order valence-electron chi connectivity index (χ4n) is 6.16. The first kappa shape index (κ1) is 28.1. The Kier molecular flexibility index (Phi) is 8.11. The van der Waals surface area contributed by atoms with Crippen LogP contribution in [0.1, 0.15) is 77.9 Å². The summed E-state index contributed by atoms with van der Waals surface area (Å²) in [6, 6.07) is 10.2. The minimum atomic E-state index is -4.23. The van der Waals surface area contributed by atoms with Gasteiger partial charge in [-0.2, -0.15) is 13.2 Å². The van der Waals surface area contributed by atoms with E-state index in [4.69, 9.17) is 0 Å². The summed E-state index contributed by atoms with van der Waals surface area (Å²) in [7, 11) is 0. The van der Waals surface area contributed by atoms with Crippen molar-refractivity contribution in [2.75, 3.05) is 13.1 Å². The number of rotatable bonds is 4. The van der Waals surface area contributed by atoms with E-state index in [2.05, 4.69) is 15.2 Å². The number of carbonyl (C=O) groups excluding carboxylic acids is 3. The normalized spacial score (nSPS) is 22.2. The van der Waals surface area contributed by atoms with Gasteiger partial charge in [-0.1, -0.05) is 37.5 Å². The Bertz CT molecular complexity index is 1270. The Morgan fingerprint density at radius 1 is 0.925 bits per heavy atom. The highest BCUT2D eigenvalue weighted by atomic mass is 19.4. The van der Waals surface area contributed by atoms with Crippen molar-refractivity contribution in [3.05, 3.63) is 64.7 Å². The molecule has 1 unspecified atom stereocenters. The van der Waals surface area contributed by atoms with Gasteiger partial charge in [0.15, 0.2) is 5.75 Å². The second kappa shape index (κ2) is 11.6. The number of carbonyl (C=O) groups is 3. The maximum Gasteiger partial charge on any atom is 0.416 e. The van der Waals surface area contributed by atoms with Crippen LogP contribution in [0.3, 0.4) is 0 Å². The van der Waals surface area contributed by atoms with Gasteiger partial charge in [0.2, 0.25) is 11.8 Å². The number of benzene rings is 2. The number of piperidine rings is 1. The minimum Gasteiger partial charge on any atom is -0.322 e. The number of amides is 3. The average Bonchev–Trinajstić information content (AvgIpc) is 3.24. The molecular formula is C29H31F4N3O4. The van der Waals surface area contributed by atoms with Crippen molar-refractivity contribution in [3.63, 3.8) is 0 Å². The van der Waals surface area contributed by atoms with E-state index in [0.717, 1.165) is 13.1 Å². The molecule has 2 aromatic rings. The van der Waals surface area contributed by atoms with Gasteiger partial charge in [0, 0.05) is 48.1 Å². The van der Waals surface area contributed by atoms with Crippen LogP contribution in [0, 0.1) is 0 Å².